The summed E-state index contributed by atoms with van der Waals surface area (Å²) in [6.07, 6.45) is 0.444. The molecule has 0 saturated heterocycles. The molecule has 0 spiro atoms. The standard InChI is InChI=1S/C20H16O/c21-20(19-9-5-2-6-10-19)15-16-11-13-18(14-12-16)17-7-3-1-4-8-17/h1-14H,15H2. The van der Waals surface area contributed by atoms with Gasteiger partial charge in [0, 0.05) is 12.0 Å². The highest BCUT2D eigenvalue weighted by molar-refractivity contribution is 5.97. The molecule has 0 aromatic heterocycles. The first-order valence-electron chi connectivity index (χ1n) is 7.05. The van der Waals surface area contributed by atoms with E-state index in [9.17, 15) is 4.79 Å². The van der Waals surface area contributed by atoms with Crippen LogP contribution < -0.4 is 0 Å². The molecular weight excluding hydrogens is 256 g/mol. The van der Waals surface area contributed by atoms with Gasteiger partial charge < -0.3 is 0 Å². The largest absolute Gasteiger partial charge is 0.294 e. The molecular formula is C20H16O. The zero-order chi connectivity index (χ0) is 14.5. The van der Waals surface area contributed by atoms with Crippen LogP contribution in [0, 0.1) is 0 Å². The van der Waals surface area contributed by atoms with E-state index in [-0.39, 0.29) is 5.78 Å². The number of benzene rings is 3. The van der Waals surface area contributed by atoms with Crippen molar-refractivity contribution < 1.29 is 4.79 Å². The molecule has 102 valence electrons. The van der Waals surface area contributed by atoms with Crippen molar-refractivity contribution in [1.82, 2.24) is 0 Å². The van der Waals surface area contributed by atoms with Gasteiger partial charge >= 0.3 is 0 Å². The lowest BCUT2D eigenvalue weighted by Crippen LogP contribution is -2.02. The molecule has 1 heteroatoms. The van der Waals surface area contributed by atoms with E-state index in [4.69, 9.17) is 0 Å². The van der Waals surface area contributed by atoms with E-state index in [2.05, 4.69) is 24.3 Å². The Labute approximate surface area is 124 Å². The van der Waals surface area contributed by atoms with Crippen LogP contribution >= 0.6 is 0 Å². The summed E-state index contributed by atoms with van der Waals surface area (Å²) in [5.41, 5.74) is 4.18. The molecule has 0 aliphatic carbocycles. The normalized spacial score (nSPS) is 10.3. The number of Topliss-reactive ketones (excluding diaryl/α,β-unsaturated/α-hetero) is 1. The summed E-state index contributed by atoms with van der Waals surface area (Å²) in [7, 11) is 0. The zero-order valence-corrected chi connectivity index (χ0v) is 11.7. The van der Waals surface area contributed by atoms with Crippen molar-refractivity contribution in [1.29, 1.82) is 0 Å². The van der Waals surface area contributed by atoms with Crippen LogP contribution in [0.15, 0.2) is 84.9 Å². The van der Waals surface area contributed by atoms with Crippen LogP contribution in [-0.4, -0.2) is 5.78 Å². The highest BCUT2D eigenvalue weighted by Gasteiger charge is 2.06. The lowest BCUT2D eigenvalue weighted by atomic mass is 10.00. The summed E-state index contributed by atoms with van der Waals surface area (Å²) in [4.78, 5) is 12.2. The van der Waals surface area contributed by atoms with E-state index in [0.717, 1.165) is 11.1 Å². The molecule has 0 amide bonds. The van der Waals surface area contributed by atoms with Crippen molar-refractivity contribution in [2.24, 2.45) is 0 Å². The van der Waals surface area contributed by atoms with Gasteiger partial charge in [-0.1, -0.05) is 84.9 Å². The van der Waals surface area contributed by atoms with Gasteiger partial charge in [0.15, 0.2) is 5.78 Å². The van der Waals surface area contributed by atoms with E-state index in [0.29, 0.717) is 6.42 Å². The molecule has 0 saturated carbocycles. The first-order chi connectivity index (χ1) is 10.3. The number of rotatable bonds is 4. The van der Waals surface area contributed by atoms with E-state index >= 15 is 0 Å². The fraction of sp³-hybridized carbons (Fsp3) is 0.0500. The highest BCUT2D eigenvalue weighted by Crippen LogP contribution is 2.19. The molecule has 3 aromatic rings. The second-order valence-corrected chi connectivity index (χ2v) is 5.03. The van der Waals surface area contributed by atoms with Crippen LogP contribution in [-0.2, 0) is 6.42 Å². The average molecular weight is 272 g/mol. The predicted octanol–water partition coefficient (Wildman–Crippen LogP) is 4.78. The minimum atomic E-state index is 0.156. The van der Waals surface area contributed by atoms with Crippen molar-refractivity contribution in [3.63, 3.8) is 0 Å². The summed E-state index contributed by atoms with van der Waals surface area (Å²) in [6.45, 7) is 0. The predicted molar refractivity (Wildman–Crippen MR) is 86.4 cm³/mol. The molecule has 0 aliphatic heterocycles. The number of ketones is 1. The molecule has 3 aromatic carbocycles. The van der Waals surface area contributed by atoms with Gasteiger partial charge in [0.05, 0.1) is 0 Å². The van der Waals surface area contributed by atoms with Gasteiger partial charge in [-0.05, 0) is 16.7 Å². The van der Waals surface area contributed by atoms with Gasteiger partial charge in [-0.2, -0.15) is 0 Å². The Kier molecular flexibility index (Phi) is 3.92. The van der Waals surface area contributed by atoms with E-state index in [1.165, 1.54) is 11.1 Å². The van der Waals surface area contributed by atoms with Gasteiger partial charge in [0.25, 0.3) is 0 Å². The number of carbonyl (C=O) groups excluding carboxylic acids is 1. The molecule has 0 atom stereocenters. The van der Waals surface area contributed by atoms with Gasteiger partial charge in [0.2, 0.25) is 0 Å². The monoisotopic (exact) mass is 272 g/mol. The summed E-state index contributed by atoms with van der Waals surface area (Å²) < 4.78 is 0. The number of hydrogen-bond donors (Lipinski definition) is 0. The second-order valence-electron chi connectivity index (χ2n) is 5.03. The Morgan fingerprint density at radius 1 is 0.619 bits per heavy atom. The highest BCUT2D eigenvalue weighted by atomic mass is 16.1. The number of carbonyl (C=O) groups is 1. The van der Waals surface area contributed by atoms with Crippen LogP contribution in [0.3, 0.4) is 0 Å². The van der Waals surface area contributed by atoms with Crippen molar-refractivity contribution in [3.8, 4) is 11.1 Å². The number of hydrogen-bond acceptors (Lipinski definition) is 1. The summed E-state index contributed by atoms with van der Waals surface area (Å²) in [5, 5.41) is 0. The lowest BCUT2D eigenvalue weighted by molar-refractivity contribution is 0.0993. The Balaban J connectivity index is 1.75. The fourth-order valence-electron chi connectivity index (χ4n) is 2.36. The SMILES string of the molecule is O=C(Cc1ccc(-c2ccccc2)cc1)c1ccccc1. The fourth-order valence-corrected chi connectivity index (χ4v) is 2.36. The molecule has 0 bridgehead atoms. The van der Waals surface area contributed by atoms with Crippen LogP contribution in [0.4, 0.5) is 0 Å². The van der Waals surface area contributed by atoms with Gasteiger partial charge in [-0.3, -0.25) is 4.79 Å². The minimum Gasteiger partial charge on any atom is -0.294 e. The first kappa shape index (κ1) is 13.3. The maximum absolute atomic E-state index is 12.2. The molecule has 0 aliphatic rings. The van der Waals surface area contributed by atoms with Gasteiger partial charge in [-0.25, -0.2) is 0 Å². The summed E-state index contributed by atoms with van der Waals surface area (Å²) in [6, 6.07) is 27.9. The third-order valence-corrected chi connectivity index (χ3v) is 3.52. The van der Waals surface area contributed by atoms with E-state index < -0.39 is 0 Å². The second kappa shape index (κ2) is 6.19. The minimum absolute atomic E-state index is 0.156. The molecule has 0 N–H and O–H groups in total. The van der Waals surface area contributed by atoms with Crippen molar-refractivity contribution in [3.05, 3.63) is 96.1 Å². The third-order valence-electron chi connectivity index (χ3n) is 3.52. The molecule has 0 heterocycles. The summed E-state index contributed by atoms with van der Waals surface area (Å²) in [5.74, 6) is 0.156. The van der Waals surface area contributed by atoms with Gasteiger partial charge in [0.1, 0.15) is 0 Å². The quantitative estimate of drug-likeness (QED) is 0.625. The Hall–Kier alpha value is -2.67. The van der Waals surface area contributed by atoms with Gasteiger partial charge in [-0.15, -0.1) is 0 Å². The van der Waals surface area contributed by atoms with Crippen LogP contribution in [0.1, 0.15) is 15.9 Å². The zero-order valence-electron chi connectivity index (χ0n) is 11.7. The first-order valence-corrected chi connectivity index (χ1v) is 7.05. The molecule has 0 fully saturated rings. The molecule has 3 rings (SSSR count). The maximum atomic E-state index is 12.2. The van der Waals surface area contributed by atoms with Crippen molar-refractivity contribution >= 4 is 5.78 Å². The smallest absolute Gasteiger partial charge is 0.167 e. The topological polar surface area (TPSA) is 17.1 Å². The molecule has 0 radical (unpaired) electrons. The Bertz CT molecular complexity index is 713. The third kappa shape index (κ3) is 3.26. The van der Waals surface area contributed by atoms with Crippen LogP contribution in [0.25, 0.3) is 11.1 Å². The average Bonchev–Trinajstić information content (AvgIpc) is 2.57. The Morgan fingerprint density at radius 3 is 1.76 bits per heavy atom. The molecule has 1 nitrogen and oxygen atoms in total. The van der Waals surface area contributed by atoms with Crippen molar-refractivity contribution in [2.75, 3.05) is 0 Å². The van der Waals surface area contributed by atoms with Crippen LogP contribution in [0.5, 0.6) is 0 Å². The molecule has 0 unspecified atom stereocenters. The maximum Gasteiger partial charge on any atom is 0.167 e. The summed E-state index contributed by atoms with van der Waals surface area (Å²) >= 11 is 0. The van der Waals surface area contributed by atoms with E-state index in [1.54, 1.807) is 0 Å². The van der Waals surface area contributed by atoms with E-state index in [1.807, 2.05) is 60.7 Å². The van der Waals surface area contributed by atoms with Crippen molar-refractivity contribution in [2.45, 2.75) is 6.42 Å². The Morgan fingerprint density at radius 2 is 1.14 bits per heavy atom. The lowest BCUT2D eigenvalue weighted by Gasteiger charge is -2.04. The molecule has 21 heavy (non-hydrogen) atoms. The van der Waals surface area contributed by atoms with Crippen LogP contribution in [0.2, 0.25) is 0 Å².